The molecule has 6 nitrogen and oxygen atoms in total. The first kappa shape index (κ1) is 6.81. The third kappa shape index (κ3) is 37.5. The van der Waals surface area contributed by atoms with Crippen LogP contribution < -0.4 is 0 Å². The summed E-state index contributed by atoms with van der Waals surface area (Å²) in [6, 6.07) is 0. The van der Waals surface area contributed by atoms with E-state index >= 15 is 0 Å². The molecule has 0 aliphatic rings. The quantitative estimate of drug-likeness (QED) is 0.0457. The van der Waals surface area contributed by atoms with Crippen LogP contribution in [0.4, 0.5) is 0 Å². The molecule has 0 saturated carbocycles. The second-order valence-corrected chi connectivity index (χ2v) is 6.49. The molecule has 0 aliphatic heterocycles. The van der Waals surface area contributed by atoms with Crippen LogP contribution in [0.3, 0.4) is 0 Å². The van der Waals surface area contributed by atoms with Gasteiger partial charge in [0.05, 0.1) is 0 Å². The average Bonchev–Trinajstić information content (AvgIpc) is 0.681. The van der Waals surface area contributed by atoms with Gasteiger partial charge < -0.3 is 14.2 Å². The topological polar surface area (TPSA) is 78.9 Å². The minimum atomic E-state index is -5.62. The Morgan fingerprint density at radius 1 is 0.408 bits per heavy atom. The van der Waals surface area contributed by atoms with Crippen molar-refractivity contribution in [2.45, 2.75) is 243 Å². The SMILES string of the molecule is [2H]C([2H])C([2H])([2H])C([2H])([2H])C([2H])([2H])C([2H])([2H])C([2H])([2H])C([2H])([2H])C([2H])([2H])C([2H])([2H])C(=O)OC(COC(=O)C([2H])([2H])C([2H])([2H])C([2H])([2H])C([2H])([2H])C([2H])([2H])C([2H])([2H])C([2H])([2H])C([2H])([2H])C([2H])([2H])C([2H])([2H])C([2H])([2H])C([2H])([2H])C([2H])([2H])C([2H])([2H])[2H])COC(=O)C([2H])([2H])C([2H])([2H])C([2H])([2H])C([2H])([2H])C([2H])([2H])C([2H])([2H])C([2H])([2H])C([2H])([2H])C([2H])([2H])C([2H])([2H])C([2H])([2H])C([2H])([2H])C([2H])([2H])C([2H])([2H])[2H]. The maximum Gasteiger partial charge on any atom is 0.306 e. The first-order valence-electron chi connectivity index (χ1n) is 50.3. The van der Waals surface area contributed by atoms with Crippen molar-refractivity contribution >= 4 is 17.9 Å². The van der Waals surface area contributed by atoms with Crippen molar-refractivity contribution in [2.24, 2.45) is 0 Å². The van der Waals surface area contributed by atoms with Gasteiger partial charge in [-0.05, 0) is 19.1 Å². The molecule has 0 rings (SSSR count). The Balaban J connectivity index is 8.98. The molecule has 290 valence electrons. The lowest BCUT2D eigenvalue weighted by Crippen LogP contribution is -2.30. The number of hydrogen-bond donors (Lipinski definition) is 0. The summed E-state index contributed by atoms with van der Waals surface area (Å²) in [5.41, 5.74) is 0. The second kappa shape index (κ2) is 39.2. The number of ether oxygens (including phenoxy) is 3. The van der Waals surface area contributed by atoms with Gasteiger partial charge in [-0.2, -0.15) is 0 Å². The van der Waals surface area contributed by atoms with E-state index in [9.17, 15) is 14.4 Å². The van der Waals surface area contributed by atoms with Crippen LogP contribution in [0.25, 0.3) is 0 Å². The van der Waals surface area contributed by atoms with E-state index in [1.54, 1.807) is 0 Å². The Hall–Kier alpha value is -1.59. The largest absolute Gasteiger partial charge is 0.462 e. The molecule has 0 aromatic carbocycles. The smallest absolute Gasteiger partial charge is 0.306 e. The molecule has 0 aromatic rings. The van der Waals surface area contributed by atoms with Crippen LogP contribution >= 0.6 is 0 Å². The molecule has 0 aromatic heterocycles. The minimum absolute atomic E-state index is 2.64. The Kier molecular flexibility index (Phi) is 5.45. The zero-order valence-corrected chi connectivity index (χ0v) is 24.5. The van der Waals surface area contributed by atoms with E-state index in [-0.39, 0.29) is 0 Å². The van der Waals surface area contributed by atoms with Crippen molar-refractivity contribution in [2.75, 3.05) is 13.2 Å². The lowest BCUT2D eigenvalue weighted by molar-refractivity contribution is -0.167. The van der Waals surface area contributed by atoms with Crippen molar-refractivity contribution in [3.63, 3.8) is 0 Å². The van der Waals surface area contributed by atoms with E-state index in [0.29, 0.717) is 0 Å². The Bertz CT molecular complexity index is 3680. The monoisotopic (exact) mass is 771 g/mol. The zero-order chi connectivity index (χ0) is 103. The van der Waals surface area contributed by atoms with E-state index in [1.165, 1.54) is 0 Å². The summed E-state index contributed by atoms with van der Waals surface area (Å²) in [7, 11) is 0. The number of rotatable bonds is 39. The van der Waals surface area contributed by atoms with E-state index in [4.69, 9.17) is 104 Å². The molecule has 0 fully saturated rings. The Morgan fingerprint density at radius 3 is 1.02 bits per heavy atom. The molecule has 0 spiro atoms. The third-order valence-corrected chi connectivity index (χ3v) is 3.33. The summed E-state index contributed by atoms with van der Waals surface area (Å²) in [5, 5.41) is 0. The molecular formula is C43H82O6. The molecule has 0 heterocycles. The number of carbonyl (C=O) groups excluding carboxylic acids is 3. The molecule has 0 atom stereocenters. The lowest BCUT2D eigenvalue weighted by Gasteiger charge is -2.18. The van der Waals surface area contributed by atoms with Crippen LogP contribution in [0.1, 0.15) is 341 Å². The molecule has 49 heavy (non-hydrogen) atoms. The fraction of sp³-hybridized carbons (Fsp3) is 0.930. The van der Waals surface area contributed by atoms with Gasteiger partial charge in [-0.3, -0.25) is 14.4 Å². The van der Waals surface area contributed by atoms with Gasteiger partial charge >= 0.3 is 17.9 Å². The summed E-state index contributed by atoms with van der Waals surface area (Å²) >= 11 is 0. The average molecular weight is 772 g/mol. The van der Waals surface area contributed by atoms with Gasteiger partial charge in [0.15, 0.2) is 6.10 Å². The Labute approximate surface area is 411 Å². The number of esters is 3. The fourth-order valence-electron chi connectivity index (χ4n) is 1.74. The van der Waals surface area contributed by atoms with E-state index in [1.807, 2.05) is 0 Å². The van der Waals surface area contributed by atoms with Crippen LogP contribution in [-0.2, 0) is 28.6 Å². The molecule has 6 heteroatoms. The van der Waals surface area contributed by atoms with Crippen LogP contribution in [-0.4, -0.2) is 37.2 Å². The van der Waals surface area contributed by atoms with Crippen LogP contribution in [0.2, 0.25) is 0 Å². The highest BCUT2D eigenvalue weighted by Crippen LogP contribution is 2.15. The van der Waals surface area contributed by atoms with Crippen molar-refractivity contribution in [1.82, 2.24) is 0 Å². The first-order chi connectivity index (χ1) is 52.7. The molecule has 0 N–H and O–H groups in total. The highest BCUT2D eigenvalue weighted by Gasteiger charge is 2.19. The van der Waals surface area contributed by atoms with E-state index in [0.717, 1.165) is 0 Å². The third-order valence-electron chi connectivity index (χ3n) is 3.33. The standard InChI is InChI=1S/C43H82O6/c1-4-7-10-13-16-18-20-22-24-27-29-32-35-41(44)47-38-40(49-43(46)37-34-31-26-15-12-9-6-3)39-48-42(45)36-33-30-28-25-23-21-19-17-14-11-8-5-2/h40H,4-39H2,1-3H3/i1D3,2D3,3D2,4D2,5D2,6D2,7D2,8D2,9D2,10D2,11D2,12D2,13D2,14D2,15D2,16D2,17D2,18D2,19D2,20D2,21D2,22D2,23D2,24D2,25D2,26D2,27D2,28D2,29D2,30D2,31D2,32D2,33D2,34D2,35D2,36D2,37D2. The van der Waals surface area contributed by atoms with Gasteiger partial charge in [0.1, 0.15) is 13.2 Å². The summed E-state index contributed by atoms with van der Waals surface area (Å²) in [5.74, 6) is -9.94. The predicted molar refractivity (Wildman–Crippen MR) is 206 cm³/mol. The summed E-state index contributed by atoms with van der Waals surface area (Å²) < 4.78 is 636. The van der Waals surface area contributed by atoms with E-state index in [2.05, 4.69) is 14.2 Å². The van der Waals surface area contributed by atoms with Crippen molar-refractivity contribution < 1.29 is 133 Å². The van der Waals surface area contributed by atoms with Gasteiger partial charge in [0.2, 0.25) is 0 Å². The summed E-state index contributed by atoms with van der Waals surface area (Å²) in [6.07, 6.45) is -184. The van der Waals surface area contributed by atoms with Gasteiger partial charge in [-0.15, -0.1) is 0 Å². The maximum absolute atomic E-state index is 14.1. The molecular weight excluding hydrogens is 612 g/mol. The summed E-state index contributed by atoms with van der Waals surface area (Å²) in [6.45, 7) is -17.2. The van der Waals surface area contributed by atoms with Gasteiger partial charge in [0, 0.05) is 123 Å². The van der Waals surface area contributed by atoms with E-state index < -0.39 is 274 Å². The predicted octanol–water partition coefficient (Wildman–Crippen LogP) is 13.3. The molecule has 0 radical (unpaired) electrons. The fourth-order valence-corrected chi connectivity index (χ4v) is 1.74. The van der Waals surface area contributed by atoms with Gasteiger partial charge in [0.25, 0.3) is 0 Å². The van der Waals surface area contributed by atoms with Crippen molar-refractivity contribution in [3.05, 3.63) is 0 Å². The maximum atomic E-state index is 14.1. The van der Waals surface area contributed by atoms with Crippen LogP contribution in [0.5, 0.6) is 0 Å². The minimum Gasteiger partial charge on any atom is -0.462 e. The van der Waals surface area contributed by atoms with Gasteiger partial charge in [-0.1, -0.05) is 199 Å². The first-order valence-corrected chi connectivity index (χ1v) is 12.1. The zero-order valence-electron chi connectivity index (χ0n) is 101. The number of hydrogen-bond acceptors (Lipinski definition) is 6. The molecule has 0 unspecified atom stereocenters. The molecule has 0 aliphatic carbocycles. The second-order valence-electron chi connectivity index (χ2n) is 6.49. The molecule has 0 saturated heterocycles. The molecule has 0 bridgehead atoms. The summed E-state index contributed by atoms with van der Waals surface area (Å²) in [4.78, 5) is 42.1. The van der Waals surface area contributed by atoms with Crippen molar-refractivity contribution in [1.29, 1.82) is 0 Å². The highest BCUT2D eigenvalue weighted by molar-refractivity contribution is 5.71. The van der Waals surface area contributed by atoms with Crippen LogP contribution in [0, 0.1) is 0 Å². The van der Waals surface area contributed by atoms with Gasteiger partial charge in [-0.25, -0.2) is 0 Å². The normalized spacial score (nSPS) is 44.8. The lowest BCUT2D eigenvalue weighted by atomic mass is 10.0. The molecule has 0 amide bonds. The number of carbonyl (C=O) groups is 3. The van der Waals surface area contributed by atoms with Crippen molar-refractivity contribution in [3.8, 4) is 0 Å². The Morgan fingerprint density at radius 2 is 0.694 bits per heavy atom. The van der Waals surface area contributed by atoms with Crippen LogP contribution in [0.15, 0.2) is 0 Å². The highest BCUT2D eigenvalue weighted by atomic mass is 16.6.